The van der Waals surface area contributed by atoms with Crippen LogP contribution < -0.4 is 5.73 Å². The summed E-state index contributed by atoms with van der Waals surface area (Å²) in [4.78, 5) is 26.6. The first-order chi connectivity index (χ1) is 12.4. The molecule has 1 aliphatic rings. The summed E-state index contributed by atoms with van der Waals surface area (Å²) in [7, 11) is -3.54. The SMILES string of the molecule is CCC(N)C(=O)N(C(=O)OCc1ccccc1)C1C(C)(C)S(=O)(=O)C1(C)C. The van der Waals surface area contributed by atoms with Gasteiger partial charge in [0.2, 0.25) is 5.91 Å². The highest BCUT2D eigenvalue weighted by atomic mass is 32.2. The van der Waals surface area contributed by atoms with Crippen LogP contribution in [-0.4, -0.2) is 46.9 Å². The van der Waals surface area contributed by atoms with E-state index < -0.39 is 43.4 Å². The van der Waals surface area contributed by atoms with Crippen molar-refractivity contribution in [3.63, 3.8) is 0 Å². The fourth-order valence-electron chi connectivity index (χ4n) is 3.84. The number of nitrogens with zero attached hydrogens (tertiary/aromatic N) is 1. The van der Waals surface area contributed by atoms with Crippen molar-refractivity contribution < 1.29 is 22.7 Å². The molecule has 1 heterocycles. The second-order valence-electron chi connectivity index (χ2n) is 7.88. The number of nitrogens with two attached hydrogens (primary N) is 1. The summed E-state index contributed by atoms with van der Waals surface area (Å²) in [6.45, 7) is 7.76. The number of benzene rings is 1. The van der Waals surface area contributed by atoms with E-state index in [1.807, 2.05) is 18.2 Å². The smallest absolute Gasteiger partial charge is 0.417 e. The van der Waals surface area contributed by atoms with E-state index in [0.717, 1.165) is 10.5 Å². The second-order valence-corrected chi connectivity index (χ2v) is 11.0. The molecule has 1 aromatic carbocycles. The lowest BCUT2D eigenvalue weighted by atomic mass is 9.87. The minimum absolute atomic E-state index is 0.0227. The standard InChI is InChI=1S/C19H28N2O5S/c1-6-14(20)15(22)21(16-18(2,3)27(24,25)19(16,4)5)17(23)26-12-13-10-8-7-9-11-13/h7-11,14,16H,6,12,20H2,1-5H3. The van der Waals surface area contributed by atoms with Gasteiger partial charge in [-0.1, -0.05) is 37.3 Å². The monoisotopic (exact) mass is 396 g/mol. The van der Waals surface area contributed by atoms with Gasteiger partial charge >= 0.3 is 6.09 Å². The first-order valence-electron chi connectivity index (χ1n) is 8.93. The summed E-state index contributed by atoms with van der Waals surface area (Å²) >= 11 is 0. The van der Waals surface area contributed by atoms with E-state index in [1.54, 1.807) is 19.1 Å². The number of sulfone groups is 1. The van der Waals surface area contributed by atoms with Crippen molar-refractivity contribution in [3.05, 3.63) is 35.9 Å². The molecule has 0 aromatic heterocycles. The molecule has 0 bridgehead atoms. The molecule has 0 saturated carbocycles. The molecule has 1 aliphatic heterocycles. The Morgan fingerprint density at radius 1 is 1.15 bits per heavy atom. The average Bonchev–Trinajstić information content (AvgIpc) is 2.62. The van der Waals surface area contributed by atoms with Crippen molar-refractivity contribution in [1.82, 2.24) is 4.90 Å². The molecular formula is C19H28N2O5S. The maximum Gasteiger partial charge on any atom is 0.417 e. The van der Waals surface area contributed by atoms with E-state index in [-0.39, 0.29) is 6.61 Å². The second kappa shape index (κ2) is 7.24. The third-order valence-corrected chi connectivity index (χ3v) is 8.57. The van der Waals surface area contributed by atoms with Crippen LogP contribution in [0.1, 0.15) is 46.6 Å². The van der Waals surface area contributed by atoms with E-state index in [0.29, 0.717) is 6.42 Å². The van der Waals surface area contributed by atoms with Crippen LogP contribution in [0.5, 0.6) is 0 Å². The Labute approximate surface area is 160 Å². The van der Waals surface area contributed by atoms with E-state index in [1.165, 1.54) is 27.7 Å². The number of imide groups is 1. The van der Waals surface area contributed by atoms with Gasteiger partial charge in [0, 0.05) is 0 Å². The van der Waals surface area contributed by atoms with Gasteiger partial charge in [-0.3, -0.25) is 4.79 Å². The summed E-state index contributed by atoms with van der Waals surface area (Å²) in [6, 6.07) is 7.25. The van der Waals surface area contributed by atoms with E-state index in [2.05, 4.69) is 0 Å². The highest BCUT2D eigenvalue weighted by Crippen LogP contribution is 2.51. The minimum atomic E-state index is -3.54. The molecule has 8 heteroatoms. The Kier molecular flexibility index (Phi) is 5.73. The number of rotatable bonds is 5. The number of carbonyl (C=O) groups is 2. The highest BCUT2D eigenvalue weighted by molar-refractivity contribution is 7.95. The quantitative estimate of drug-likeness (QED) is 0.818. The zero-order chi connectivity index (χ0) is 20.6. The molecule has 0 radical (unpaired) electrons. The largest absolute Gasteiger partial charge is 0.444 e. The number of carbonyl (C=O) groups excluding carboxylic acids is 2. The third-order valence-electron chi connectivity index (χ3n) is 5.36. The zero-order valence-electron chi connectivity index (χ0n) is 16.4. The van der Waals surface area contributed by atoms with Gasteiger partial charge in [0.1, 0.15) is 6.61 Å². The lowest BCUT2D eigenvalue weighted by Crippen LogP contribution is -2.79. The first kappa shape index (κ1) is 21.4. The fraction of sp³-hybridized carbons (Fsp3) is 0.579. The van der Waals surface area contributed by atoms with Gasteiger partial charge in [0.15, 0.2) is 9.84 Å². The Hall–Kier alpha value is -1.93. The first-order valence-corrected chi connectivity index (χ1v) is 10.4. The maximum absolute atomic E-state index is 12.9. The van der Waals surface area contributed by atoms with Crippen LogP contribution in [0.25, 0.3) is 0 Å². The van der Waals surface area contributed by atoms with E-state index >= 15 is 0 Å². The molecule has 1 aromatic rings. The summed E-state index contributed by atoms with van der Waals surface area (Å²) in [5.41, 5.74) is 6.64. The Balaban J connectivity index is 2.35. The summed E-state index contributed by atoms with van der Waals surface area (Å²) in [6.07, 6.45) is -0.560. The van der Waals surface area contributed by atoms with Gasteiger partial charge in [-0.15, -0.1) is 0 Å². The highest BCUT2D eigenvalue weighted by Gasteiger charge is 2.71. The van der Waals surface area contributed by atoms with Gasteiger partial charge in [0.25, 0.3) is 0 Å². The van der Waals surface area contributed by atoms with E-state index in [4.69, 9.17) is 10.5 Å². The Bertz CT molecular complexity index is 796. The molecule has 1 saturated heterocycles. The van der Waals surface area contributed by atoms with Crippen LogP contribution in [0.3, 0.4) is 0 Å². The summed E-state index contributed by atoms with van der Waals surface area (Å²) in [5, 5.41) is 0. The third kappa shape index (κ3) is 3.36. The molecule has 2 rings (SSSR count). The predicted octanol–water partition coefficient (Wildman–Crippen LogP) is 2.24. The average molecular weight is 397 g/mol. The summed E-state index contributed by atoms with van der Waals surface area (Å²) < 4.78 is 28.1. The predicted molar refractivity (Wildman–Crippen MR) is 103 cm³/mol. The normalized spacial score (nSPS) is 21.0. The van der Waals surface area contributed by atoms with Crippen LogP contribution in [0, 0.1) is 0 Å². The molecular weight excluding hydrogens is 368 g/mol. The number of ether oxygens (including phenoxy) is 1. The molecule has 1 atom stereocenters. The van der Waals surface area contributed by atoms with Crippen molar-refractivity contribution in [3.8, 4) is 0 Å². The molecule has 0 aliphatic carbocycles. The van der Waals surface area contributed by atoms with Crippen molar-refractivity contribution >= 4 is 21.8 Å². The Morgan fingerprint density at radius 2 is 1.67 bits per heavy atom. The lowest BCUT2D eigenvalue weighted by molar-refractivity contribution is -0.135. The van der Waals surface area contributed by atoms with Crippen LogP contribution in [-0.2, 0) is 26.0 Å². The van der Waals surface area contributed by atoms with Crippen LogP contribution in [0.4, 0.5) is 4.79 Å². The van der Waals surface area contributed by atoms with Crippen molar-refractivity contribution in [2.24, 2.45) is 5.73 Å². The van der Waals surface area contributed by atoms with Gasteiger partial charge in [-0.25, -0.2) is 18.1 Å². The molecule has 1 fully saturated rings. The molecule has 1 unspecified atom stereocenters. The van der Waals surface area contributed by atoms with Gasteiger partial charge in [-0.05, 0) is 39.7 Å². The van der Waals surface area contributed by atoms with Gasteiger partial charge in [-0.2, -0.15) is 0 Å². The lowest BCUT2D eigenvalue weighted by Gasteiger charge is -2.58. The van der Waals surface area contributed by atoms with Crippen molar-refractivity contribution in [1.29, 1.82) is 0 Å². The number of amides is 2. The van der Waals surface area contributed by atoms with Crippen LogP contribution in [0.2, 0.25) is 0 Å². The minimum Gasteiger partial charge on any atom is -0.444 e. The maximum atomic E-state index is 12.9. The fourth-order valence-corrected chi connectivity index (χ4v) is 6.40. The Morgan fingerprint density at radius 3 is 2.15 bits per heavy atom. The van der Waals surface area contributed by atoms with Crippen molar-refractivity contribution in [2.75, 3.05) is 0 Å². The molecule has 2 amide bonds. The van der Waals surface area contributed by atoms with Crippen LogP contribution >= 0.6 is 0 Å². The van der Waals surface area contributed by atoms with Gasteiger partial charge < -0.3 is 10.5 Å². The molecule has 0 spiro atoms. The van der Waals surface area contributed by atoms with Crippen LogP contribution in [0.15, 0.2) is 30.3 Å². The molecule has 27 heavy (non-hydrogen) atoms. The van der Waals surface area contributed by atoms with E-state index in [9.17, 15) is 18.0 Å². The molecule has 150 valence electrons. The summed E-state index contributed by atoms with van der Waals surface area (Å²) in [5.74, 6) is -0.628. The van der Waals surface area contributed by atoms with Crippen molar-refractivity contribution in [2.45, 2.75) is 69.2 Å². The molecule has 2 N–H and O–H groups in total. The number of hydrogen-bond acceptors (Lipinski definition) is 6. The van der Waals surface area contributed by atoms with Gasteiger partial charge in [0.05, 0.1) is 21.6 Å². The number of hydrogen-bond donors (Lipinski definition) is 1. The molecule has 7 nitrogen and oxygen atoms in total. The zero-order valence-corrected chi connectivity index (χ0v) is 17.2. The topological polar surface area (TPSA) is 107 Å².